The van der Waals surface area contributed by atoms with Gasteiger partial charge in [-0.05, 0) is 11.6 Å². The molecule has 1 heterocycles. The molecular formula is C15H15ClN2OS. The maximum atomic E-state index is 11.9. The van der Waals surface area contributed by atoms with E-state index in [-0.39, 0.29) is 5.91 Å². The summed E-state index contributed by atoms with van der Waals surface area (Å²) in [4.78, 5) is 15.7. The van der Waals surface area contributed by atoms with E-state index in [2.05, 4.69) is 22.4 Å². The fraction of sp³-hybridized carbons (Fsp3) is 0.200. The second-order valence-electron chi connectivity index (χ2n) is 4.15. The first-order valence-corrected chi connectivity index (χ1v) is 7.80. The third kappa shape index (κ3) is 4.54. The SMILES string of the molecule is O=C(NCCSCc1ccccc1)c1ccncc1Cl. The zero-order chi connectivity index (χ0) is 14.2. The molecule has 2 aromatic rings. The molecule has 0 saturated carbocycles. The van der Waals surface area contributed by atoms with Gasteiger partial charge < -0.3 is 5.32 Å². The molecule has 0 aliphatic heterocycles. The summed E-state index contributed by atoms with van der Waals surface area (Å²) in [5, 5.41) is 3.23. The standard InChI is InChI=1S/C15H15ClN2OS/c16-14-10-17-7-6-13(14)15(19)18-8-9-20-11-12-4-2-1-3-5-12/h1-7,10H,8-9,11H2,(H,18,19). The van der Waals surface area contributed by atoms with Crippen molar-refractivity contribution < 1.29 is 4.79 Å². The second-order valence-corrected chi connectivity index (χ2v) is 5.66. The van der Waals surface area contributed by atoms with E-state index in [9.17, 15) is 4.79 Å². The first-order valence-electron chi connectivity index (χ1n) is 6.27. The van der Waals surface area contributed by atoms with E-state index in [1.807, 2.05) is 18.2 Å². The highest BCUT2D eigenvalue weighted by Crippen LogP contribution is 2.13. The van der Waals surface area contributed by atoms with E-state index < -0.39 is 0 Å². The van der Waals surface area contributed by atoms with Crippen molar-refractivity contribution in [2.24, 2.45) is 0 Å². The average molecular weight is 307 g/mol. The molecule has 1 aromatic carbocycles. The maximum Gasteiger partial charge on any atom is 0.252 e. The molecule has 1 amide bonds. The van der Waals surface area contributed by atoms with Crippen LogP contribution in [0.2, 0.25) is 5.02 Å². The Labute approximate surface area is 127 Å². The number of halogens is 1. The average Bonchev–Trinajstić information content (AvgIpc) is 2.48. The molecule has 104 valence electrons. The molecule has 0 aliphatic rings. The van der Waals surface area contributed by atoms with Gasteiger partial charge in [-0.2, -0.15) is 11.8 Å². The molecule has 1 N–H and O–H groups in total. The lowest BCUT2D eigenvalue weighted by atomic mass is 10.2. The lowest BCUT2D eigenvalue weighted by Gasteiger charge is -2.06. The predicted molar refractivity (Wildman–Crippen MR) is 84.2 cm³/mol. The molecule has 0 bridgehead atoms. The number of benzene rings is 1. The summed E-state index contributed by atoms with van der Waals surface area (Å²) in [5.41, 5.74) is 1.76. The number of hydrogen-bond donors (Lipinski definition) is 1. The summed E-state index contributed by atoms with van der Waals surface area (Å²) in [7, 11) is 0. The number of aromatic nitrogens is 1. The molecule has 0 atom stereocenters. The molecule has 0 unspecified atom stereocenters. The van der Waals surface area contributed by atoms with E-state index in [4.69, 9.17) is 11.6 Å². The van der Waals surface area contributed by atoms with Crippen molar-refractivity contribution >= 4 is 29.3 Å². The van der Waals surface area contributed by atoms with Crippen LogP contribution in [0.25, 0.3) is 0 Å². The Balaban J connectivity index is 1.69. The van der Waals surface area contributed by atoms with Crippen molar-refractivity contribution in [1.29, 1.82) is 0 Å². The van der Waals surface area contributed by atoms with Gasteiger partial charge in [-0.25, -0.2) is 0 Å². The van der Waals surface area contributed by atoms with Crippen LogP contribution < -0.4 is 5.32 Å². The molecule has 3 nitrogen and oxygen atoms in total. The van der Waals surface area contributed by atoms with Crippen molar-refractivity contribution in [3.8, 4) is 0 Å². The Morgan fingerprint density at radius 3 is 2.80 bits per heavy atom. The van der Waals surface area contributed by atoms with Gasteiger partial charge in [-0.1, -0.05) is 41.9 Å². The van der Waals surface area contributed by atoms with Crippen LogP contribution in [0.3, 0.4) is 0 Å². The number of hydrogen-bond acceptors (Lipinski definition) is 3. The van der Waals surface area contributed by atoms with Gasteiger partial charge in [-0.15, -0.1) is 0 Å². The molecule has 20 heavy (non-hydrogen) atoms. The zero-order valence-electron chi connectivity index (χ0n) is 10.9. The summed E-state index contributed by atoms with van der Waals surface area (Å²) in [6.07, 6.45) is 3.03. The van der Waals surface area contributed by atoms with Gasteiger partial charge in [0.05, 0.1) is 10.6 Å². The van der Waals surface area contributed by atoms with Gasteiger partial charge in [0.25, 0.3) is 5.91 Å². The molecule has 0 fully saturated rings. The summed E-state index contributed by atoms with van der Waals surface area (Å²) < 4.78 is 0. The van der Waals surface area contributed by atoms with Crippen molar-refractivity contribution in [1.82, 2.24) is 10.3 Å². The smallest absolute Gasteiger partial charge is 0.252 e. The molecule has 5 heteroatoms. The van der Waals surface area contributed by atoms with Crippen LogP contribution in [0.4, 0.5) is 0 Å². The lowest BCUT2D eigenvalue weighted by molar-refractivity contribution is 0.0956. The Morgan fingerprint density at radius 2 is 2.05 bits per heavy atom. The van der Waals surface area contributed by atoms with Crippen LogP contribution in [-0.4, -0.2) is 23.2 Å². The van der Waals surface area contributed by atoms with E-state index in [1.54, 1.807) is 24.0 Å². The summed E-state index contributed by atoms with van der Waals surface area (Å²) in [6, 6.07) is 11.9. The molecular weight excluding hydrogens is 292 g/mol. The molecule has 0 spiro atoms. The fourth-order valence-corrected chi connectivity index (χ4v) is 2.68. The summed E-state index contributed by atoms with van der Waals surface area (Å²) in [5.74, 6) is 1.66. The number of rotatable bonds is 6. The van der Waals surface area contributed by atoms with Gasteiger partial charge in [0, 0.05) is 30.4 Å². The Kier molecular flexibility index (Phi) is 5.89. The van der Waals surface area contributed by atoms with Gasteiger partial charge >= 0.3 is 0 Å². The van der Waals surface area contributed by atoms with Crippen LogP contribution in [0.1, 0.15) is 15.9 Å². The summed E-state index contributed by atoms with van der Waals surface area (Å²) >= 11 is 7.70. The van der Waals surface area contributed by atoms with Crippen molar-refractivity contribution in [3.63, 3.8) is 0 Å². The molecule has 0 aliphatic carbocycles. The van der Waals surface area contributed by atoms with Gasteiger partial charge in [0.15, 0.2) is 0 Å². The molecule has 2 rings (SSSR count). The number of pyridine rings is 1. The molecule has 0 saturated heterocycles. The minimum Gasteiger partial charge on any atom is -0.351 e. The Bertz CT molecular complexity index is 563. The number of carbonyl (C=O) groups excluding carboxylic acids is 1. The van der Waals surface area contributed by atoms with Gasteiger partial charge in [0.2, 0.25) is 0 Å². The van der Waals surface area contributed by atoms with Gasteiger partial charge in [0.1, 0.15) is 0 Å². The third-order valence-electron chi connectivity index (χ3n) is 2.66. The minimum absolute atomic E-state index is 0.155. The van der Waals surface area contributed by atoms with Crippen molar-refractivity contribution in [2.75, 3.05) is 12.3 Å². The maximum absolute atomic E-state index is 11.9. The van der Waals surface area contributed by atoms with Crippen LogP contribution in [0.15, 0.2) is 48.8 Å². The number of nitrogens with zero attached hydrogens (tertiary/aromatic N) is 1. The normalized spacial score (nSPS) is 10.2. The monoisotopic (exact) mass is 306 g/mol. The predicted octanol–water partition coefficient (Wildman–Crippen LogP) is 3.40. The first-order chi connectivity index (χ1) is 9.77. The van der Waals surface area contributed by atoms with E-state index in [1.165, 1.54) is 11.8 Å². The van der Waals surface area contributed by atoms with E-state index >= 15 is 0 Å². The Morgan fingerprint density at radius 1 is 1.25 bits per heavy atom. The number of carbonyl (C=O) groups is 1. The van der Waals surface area contributed by atoms with Crippen molar-refractivity contribution in [2.45, 2.75) is 5.75 Å². The fourth-order valence-electron chi connectivity index (χ4n) is 1.66. The van der Waals surface area contributed by atoms with E-state index in [0.29, 0.717) is 17.1 Å². The first kappa shape index (κ1) is 14.9. The molecule has 0 radical (unpaired) electrons. The third-order valence-corrected chi connectivity index (χ3v) is 3.99. The van der Waals surface area contributed by atoms with Crippen LogP contribution in [-0.2, 0) is 5.75 Å². The highest BCUT2D eigenvalue weighted by molar-refractivity contribution is 7.98. The highest BCUT2D eigenvalue weighted by atomic mass is 35.5. The minimum atomic E-state index is -0.155. The number of nitrogens with one attached hydrogen (secondary N) is 1. The van der Waals surface area contributed by atoms with Crippen LogP contribution >= 0.6 is 23.4 Å². The number of thioether (sulfide) groups is 1. The van der Waals surface area contributed by atoms with Crippen LogP contribution in [0, 0.1) is 0 Å². The summed E-state index contributed by atoms with van der Waals surface area (Å²) in [6.45, 7) is 0.620. The quantitative estimate of drug-likeness (QED) is 0.832. The second kappa shape index (κ2) is 7.92. The lowest BCUT2D eigenvalue weighted by Crippen LogP contribution is -2.26. The van der Waals surface area contributed by atoms with E-state index in [0.717, 1.165) is 11.5 Å². The Hall–Kier alpha value is -1.52. The largest absolute Gasteiger partial charge is 0.351 e. The van der Waals surface area contributed by atoms with Gasteiger partial charge in [-0.3, -0.25) is 9.78 Å². The van der Waals surface area contributed by atoms with Crippen molar-refractivity contribution in [3.05, 3.63) is 64.9 Å². The van der Waals surface area contributed by atoms with Crippen LogP contribution in [0.5, 0.6) is 0 Å². The zero-order valence-corrected chi connectivity index (χ0v) is 12.5. The number of amides is 1. The molecule has 1 aromatic heterocycles. The topological polar surface area (TPSA) is 42.0 Å². The highest BCUT2D eigenvalue weighted by Gasteiger charge is 2.08.